The molecular weight excluding hydrogens is 522 g/mol. The van der Waals surface area contributed by atoms with Crippen LogP contribution in [0.3, 0.4) is 0 Å². The summed E-state index contributed by atoms with van der Waals surface area (Å²) in [6, 6.07) is 22.9. The summed E-state index contributed by atoms with van der Waals surface area (Å²) in [7, 11) is 0. The first-order chi connectivity index (χ1) is 19.4. The maximum Gasteiger partial charge on any atom is 0.248 e. The van der Waals surface area contributed by atoms with Crippen LogP contribution in [0.2, 0.25) is 0 Å². The Morgan fingerprint density at radius 1 is 0.950 bits per heavy atom. The molecule has 7 nitrogen and oxygen atoms in total. The van der Waals surface area contributed by atoms with Crippen molar-refractivity contribution in [2.75, 3.05) is 17.2 Å². The number of likely N-dealkylation sites (tertiary alicyclic amines) is 1. The second-order valence-corrected chi connectivity index (χ2v) is 12.6. The third-order valence-electron chi connectivity index (χ3n) is 8.75. The lowest BCUT2D eigenvalue weighted by Crippen LogP contribution is -2.52. The Bertz CT molecular complexity index is 1430. The van der Waals surface area contributed by atoms with Gasteiger partial charge in [0.05, 0.1) is 29.2 Å². The molecule has 1 spiro atoms. The van der Waals surface area contributed by atoms with E-state index in [2.05, 4.69) is 10.6 Å². The number of carbonyl (C=O) groups excluding carboxylic acids is 3. The van der Waals surface area contributed by atoms with Gasteiger partial charge in [0.2, 0.25) is 17.7 Å². The van der Waals surface area contributed by atoms with Crippen molar-refractivity contribution in [1.82, 2.24) is 4.90 Å². The third kappa shape index (κ3) is 4.21. The standard InChI is InChI=1S/C32H33N3O4S/c1-19-10-9-11-20(2)27(19)34-30(38)28-32-17-16-24(40-32)25(29(37)33-22-14-7-4-8-15-22)26(32)31(39)35(28)23(18-36)21-12-5-3-6-13-21/h3-15,23-26,28,36H,16-18H2,1-2H3,(H,33,37)(H,34,38)/t23-,24-,25+,26+,28?,32?/m1/s1. The molecule has 3 saturated heterocycles. The fourth-order valence-electron chi connectivity index (χ4n) is 7.01. The summed E-state index contributed by atoms with van der Waals surface area (Å²) in [5.74, 6) is -1.94. The Balaban J connectivity index is 1.42. The number of aliphatic hydroxyl groups is 1. The Kier molecular flexibility index (Phi) is 6.92. The molecule has 3 N–H and O–H groups in total. The number of amides is 3. The molecule has 3 aliphatic rings. The van der Waals surface area contributed by atoms with Crippen molar-refractivity contribution in [3.05, 3.63) is 95.6 Å². The number of nitrogens with one attached hydrogen (secondary N) is 2. The molecule has 0 saturated carbocycles. The van der Waals surface area contributed by atoms with Crippen LogP contribution in [0.4, 0.5) is 11.4 Å². The van der Waals surface area contributed by atoms with Gasteiger partial charge in [-0.3, -0.25) is 14.4 Å². The maximum atomic E-state index is 14.5. The SMILES string of the molecule is Cc1cccc(C)c1NC(=O)C1N([C@H](CO)c2ccccc2)C(=O)[C@@H]2[C@@H](C(=O)Nc3ccccc3)[C@H]3CCC12S3. The van der Waals surface area contributed by atoms with Crippen molar-refractivity contribution in [2.24, 2.45) is 11.8 Å². The lowest BCUT2D eigenvalue weighted by Gasteiger charge is -2.37. The molecule has 3 fully saturated rings. The van der Waals surface area contributed by atoms with Gasteiger partial charge in [-0.1, -0.05) is 66.7 Å². The number of thioether (sulfide) groups is 1. The van der Waals surface area contributed by atoms with Gasteiger partial charge >= 0.3 is 0 Å². The quantitative estimate of drug-likeness (QED) is 0.392. The maximum absolute atomic E-state index is 14.5. The Labute approximate surface area is 238 Å². The van der Waals surface area contributed by atoms with Gasteiger partial charge in [0.15, 0.2) is 0 Å². The van der Waals surface area contributed by atoms with Crippen molar-refractivity contribution >= 4 is 40.9 Å². The zero-order valence-corrected chi connectivity index (χ0v) is 23.4. The highest BCUT2D eigenvalue weighted by Crippen LogP contribution is 2.67. The van der Waals surface area contributed by atoms with E-state index >= 15 is 0 Å². The van der Waals surface area contributed by atoms with E-state index in [4.69, 9.17) is 0 Å². The molecule has 3 aliphatic heterocycles. The van der Waals surface area contributed by atoms with Gasteiger partial charge in [-0.15, -0.1) is 11.8 Å². The lowest BCUT2D eigenvalue weighted by molar-refractivity contribution is -0.141. The number of hydrogen-bond donors (Lipinski definition) is 3. The Morgan fingerprint density at radius 2 is 1.60 bits per heavy atom. The fraction of sp³-hybridized carbons (Fsp3) is 0.344. The van der Waals surface area contributed by atoms with Crippen LogP contribution in [0.25, 0.3) is 0 Å². The third-order valence-corrected chi connectivity index (χ3v) is 10.7. The highest BCUT2D eigenvalue weighted by Gasteiger charge is 2.74. The number of benzene rings is 3. The molecule has 3 aromatic carbocycles. The summed E-state index contributed by atoms with van der Waals surface area (Å²) in [5, 5.41) is 16.7. The van der Waals surface area contributed by atoms with Crippen LogP contribution in [0.15, 0.2) is 78.9 Å². The molecular formula is C32H33N3O4S. The summed E-state index contributed by atoms with van der Waals surface area (Å²) >= 11 is 1.62. The molecule has 3 aromatic rings. The average molecular weight is 556 g/mol. The molecule has 6 rings (SSSR count). The first kappa shape index (κ1) is 26.6. The predicted molar refractivity (Wildman–Crippen MR) is 157 cm³/mol. The van der Waals surface area contributed by atoms with E-state index in [0.717, 1.165) is 28.8 Å². The first-order valence-electron chi connectivity index (χ1n) is 13.7. The summed E-state index contributed by atoms with van der Waals surface area (Å²) in [4.78, 5) is 44.1. The topological polar surface area (TPSA) is 98.7 Å². The van der Waals surface area contributed by atoms with Gasteiger partial charge in [-0.05, 0) is 55.5 Å². The van der Waals surface area contributed by atoms with E-state index in [1.54, 1.807) is 16.7 Å². The van der Waals surface area contributed by atoms with Crippen LogP contribution in [0.1, 0.15) is 35.6 Å². The number of fused-ring (bicyclic) bond motifs is 1. The predicted octanol–water partition coefficient (Wildman–Crippen LogP) is 4.71. The highest BCUT2D eigenvalue weighted by atomic mass is 32.2. The van der Waals surface area contributed by atoms with Gasteiger partial charge in [0.25, 0.3) is 0 Å². The molecule has 3 heterocycles. The van der Waals surface area contributed by atoms with Crippen LogP contribution in [0, 0.1) is 25.7 Å². The minimum absolute atomic E-state index is 0.0559. The number of anilines is 2. The molecule has 40 heavy (non-hydrogen) atoms. The lowest BCUT2D eigenvalue weighted by atomic mass is 9.70. The van der Waals surface area contributed by atoms with E-state index in [0.29, 0.717) is 12.1 Å². The zero-order chi connectivity index (χ0) is 28.0. The minimum atomic E-state index is -0.842. The number of hydrogen-bond acceptors (Lipinski definition) is 5. The largest absolute Gasteiger partial charge is 0.394 e. The molecule has 3 amide bonds. The van der Waals surface area contributed by atoms with Crippen LogP contribution in [0.5, 0.6) is 0 Å². The Morgan fingerprint density at radius 3 is 2.25 bits per heavy atom. The van der Waals surface area contributed by atoms with Crippen molar-refractivity contribution in [2.45, 2.75) is 48.8 Å². The smallest absolute Gasteiger partial charge is 0.248 e. The summed E-state index contributed by atoms with van der Waals surface area (Å²) in [6.45, 7) is 3.56. The second-order valence-electron chi connectivity index (χ2n) is 11.0. The minimum Gasteiger partial charge on any atom is -0.394 e. The van der Waals surface area contributed by atoms with Crippen LogP contribution >= 0.6 is 11.8 Å². The summed E-state index contributed by atoms with van der Waals surface area (Å²) in [5.41, 5.74) is 4.03. The van der Waals surface area contributed by atoms with Gasteiger partial charge in [-0.2, -0.15) is 0 Å². The van der Waals surface area contributed by atoms with Crippen molar-refractivity contribution in [3.8, 4) is 0 Å². The van der Waals surface area contributed by atoms with E-state index in [1.807, 2.05) is 92.7 Å². The van der Waals surface area contributed by atoms with Crippen molar-refractivity contribution in [3.63, 3.8) is 0 Å². The number of aliphatic hydroxyl groups excluding tert-OH is 1. The molecule has 0 aliphatic carbocycles. The van der Waals surface area contributed by atoms with E-state index < -0.39 is 28.7 Å². The van der Waals surface area contributed by atoms with Crippen LogP contribution in [-0.2, 0) is 14.4 Å². The van der Waals surface area contributed by atoms with E-state index in [1.165, 1.54) is 0 Å². The molecule has 8 heteroatoms. The first-order valence-corrected chi connectivity index (χ1v) is 14.6. The number of para-hydroxylation sites is 2. The summed E-state index contributed by atoms with van der Waals surface area (Å²) < 4.78 is -0.761. The molecule has 206 valence electrons. The number of nitrogens with zero attached hydrogens (tertiary/aromatic N) is 1. The second kappa shape index (κ2) is 10.4. The highest BCUT2D eigenvalue weighted by molar-refractivity contribution is 8.02. The Hall–Kier alpha value is -3.62. The monoisotopic (exact) mass is 555 g/mol. The fourth-order valence-corrected chi connectivity index (χ4v) is 9.21. The van der Waals surface area contributed by atoms with Gasteiger partial charge in [0, 0.05) is 16.6 Å². The van der Waals surface area contributed by atoms with Crippen molar-refractivity contribution < 1.29 is 19.5 Å². The van der Waals surface area contributed by atoms with Crippen LogP contribution in [-0.4, -0.2) is 50.4 Å². The molecule has 2 bridgehead atoms. The summed E-state index contributed by atoms with van der Waals surface area (Å²) in [6.07, 6.45) is 1.40. The van der Waals surface area contributed by atoms with Gasteiger partial charge in [-0.25, -0.2) is 0 Å². The molecule has 0 aromatic heterocycles. The van der Waals surface area contributed by atoms with E-state index in [9.17, 15) is 19.5 Å². The van der Waals surface area contributed by atoms with Crippen LogP contribution < -0.4 is 10.6 Å². The number of carbonyl (C=O) groups is 3. The number of aryl methyl sites for hydroxylation is 2. The van der Waals surface area contributed by atoms with E-state index in [-0.39, 0.29) is 29.6 Å². The van der Waals surface area contributed by atoms with Crippen molar-refractivity contribution in [1.29, 1.82) is 0 Å². The van der Waals surface area contributed by atoms with Gasteiger partial charge < -0.3 is 20.6 Å². The number of rotatable bonds is 7. The van der Waals surface area contributed by atoms with Gasteiger partial charge in [0.1, 0.15) is 6.04 Å². The molecule has 6 atom stereocenters. The molecule has 2 unspecified atom stereocenters. The normalized spacial score (nSPS) is 27.4. The average Bonchev–Trinajstić information content (AvgIpc) is 3.60. The zero-order valence-electron chi connectivity index (χ0n) is 22.5. The molecule has 0 radical (unpaired) electrons.